The van der Waals surface area contributed by atoms with Gasteiger partial charge in [-0.05, 0) is 47.0 Å². The van der Waals surface area contributed by atoms with Crippen molar-refractivity contribution in [2.75, 3.05) is 23.7 Å². The average Bonchev–Trinajstić information content (AvgIpc) is 2.80. The van der Waals surface area contributed by atoms with E-state index >= 15 is 0 Å². The Kier molecular flexibility index (Phi) is 3.22. The summed E-state index contributed by atoms with van der Waals surface area (Å²) < 4.78 is 1.02. The highest BCUT2D eigenvalue weighted by atomic mass is 79.9. The van der Waals surface area contributed by atoms with Gasteiger partial charge in [0.1, 0.15) is 0 Å². The van der Waals surface area contributed by atoms with E-state index in [9.17, 15) is 0 Å². The van der Waals surface area contributed by atoms with Gasteiger partial charge in [0, 0.05) is 19.3 Å². The third-order valence-corrected chi connectivity index (χ3v) is 5.29. The number of nitrogens with zero attached hydrogens (tertiary/aromatic N) is 2. The van der Waals surface area contributed by atoms with Gasteiger partial charge in [-0.25, -0.2) is 0 Å². The van der Waals surface area contributed by atoms with Gasteiger partial charge in [-0.3, -0.25) is 4.98 Å². The average molecular weight is 310 g/mol. The Hall–Kier alpha value is -0.770. The van der Waals surface area contributed by atoms with Gasteiger partial charge in [-0.15, -0.1) is 0 Å². The van der Waals surface area contributed by atoms with Crippen molar-refractivity contribution in [1.29, 1.82) is 0 Å². The first-order valence-electron chi connectivity index (χ1n) is 6.84. The maximum atomic E-state index is 6.06. The van der Waals surface area contributed by atoms with Crippen LogP contribution in [0.3, 0.4) is 0 Å². The van der Waals surface area contributed by atoms with Crippen molar-refractivity contribution in [3.63, 3.8) is 0 Å². The van der Waals surface area contributed by atoms with Gasteiger partial charge in [-0.1, -0.05) is 12.8 Å². The Morgan fingerprint density at radius 3 is 2.39 bits per heavy atom. The van der Waals surface area contributed by atoms with E-state index in [1.54, 1.807) is 6.20 Å². The molecular formula is C14H20BrN3. The number of aromatic nitrogens is 1. The standard InChI is InChI=1S/C14H20BrN3/c15-11-9-17-10-12(16)13(11)18-7-5-14(6-8-18)3-1-2-4-14/h9-10H,1-8,16H2. The second-order valence-electron chi connectivity index (χ2n) is 5.75. The number of hydrogen-bond acceptors (Lipinski definition) is 3. The maximum Gasteiger partial charge on any atom is 0.0776 e. The number of pyridine rings is 1. The molecule has 0 unspecified atom stereocenters. The van der Waals surface area contributed by atoms with Gasteiger partial charge in [-0.2, -0.15) is 0 Å². The van der Waals surface area contributed by atoms with Crippen molar-refractivity contribution < 1.29 is 0 Å². The van der Waals surface area contributed by atoms with E-state index in [0.717, 1.165) is 28.9 Å². The van der Waals surface area contributed by atoms with Crippen molar-refractivity contribution in [2.24, 2.45) is 5.41 Å². The molecule has 1 saturated heterocycles. The molecule has 1 spiro atoms. The lowest BCUT2D eigenvalue weighted by Crippen LogP contribution is -2.39. The van der Waals surface area contributed by atoms with Crippen LogP contribution >= 0.6 is 15.9 Å². The summed E-state index contributed by atoms with van der Waals surface area (Å²) in [5.41, 5.74) is 8.64. The lowest BCUT2D eigenvalue weighted by atomic mass is 9.77. The number of nitrogens with two attached hydrogens (primary N) is 1. The number of rotatable bonds is 1. The summed E-state index contributed by atoms with van der Waals surface area (Å²) in [6.45, 7) is 2.26. The van der Waals surface area contributed by atoms with Gasteiger partial charge in [0.15, 0.2) is 0 Å². The van der Waals surface area contributed by atoms with Crippen molar-refractivity contribution >= 4 is 27.3 Å². The molecule has 1 aromatic rings. The molecule has 3 rings (SSSR count). The molecule has 2 aliphatic rings. The van der Waals surface area contributed by atoms with Gasteiger partial charge in [0.05, 0.1) is 22.0 Å². The Morgan fingerprint density at radius 1 is 1.11 bits per heavy atom. The summed E-state index contributed by atoms with van der Waals surface area (Å²) in [7, 11) is 0. The molecule has 0 aromatic carbocycles. The number of anilines is 2. The summed E-state index contributed by atoms with van der Waals surface area (Å²) in [4.78, 5) is 6.53. The molecule has 0 radical (unpaired) electrons. The third-order valence-electron chi connectivity index (χ3n) is 4.71. The van der Waals surface area contributed by atoms with E-state index in [1.807, 2.05) is 6.20 Å². The predicted molar refractivity (Wildman–Crippen MR) is 78.7 cm³/mol. The van der Waals surface area contributed by atoms with Crippen LogP contribution in [0.2, 0.25) is 0 Å². The highest BCUT2D eigenvalue weighted by molar-refractivity contribution is 9.10. The Bertz CT molecular complexity index is 410. The Labute approximate surface area is 117 Å². The minimum atomic E-state index is 0.658. The van der Waals surface area contributed by atoms with Crippen LogP contribution in [0.5, 0.6) is 0 Å². The van der Waals surface area contributed by atoms with E-state index in [2.05, 4.69) is 25.8 Å². The minimum Gasteiger partial charge on any atom is -0.396 e. The van der Waals surface area contributed by atoms with E-state index in [4.69, 9.17) is 5.73 Å². The van der Waals surface area contributed by atoms with Crippen LogP contribution in [0.25, 0.3) is 0 Å². The molecule has 98 valence electrons. The maximum absolute atomic E-state index is 6.06. The largest absolute Gasteiger partial charge is 0.396 e. The topological polar surface area (TPSA) is 42.1 Å². The van der Waals surface area contributed by atoms with Gasteiger partial charge >= 0.3 is 0 Å². The quantitative estimate of drug-likeness (QED) is 0.862. The second kappa shape index (κ2) is 4.72. The van der Waals surface area contributed by atoms with Gasteiger partial charge in [0.25, 0.3) is 0 Å². The normalized spacial score (nSPS) is 22.6. The van der Waals surface area contributed by atoms with Gasteiger partial charge < -0.3 is 10.6 Å². The highest BCUT2D eigenvalue weighted by Crippen LogP contribution is 2.47. The highest BCUT2D eigenvalue weighted by Gasteiger charge is 2.37. The van der Waals surface area contributed by atoms with Crippen LogP contribution in [-0.4, -0.2) is 18.1 Å². The molecule has 1 aliphatic heterocycles. The molecule has 1 saturated carbocycles. The number of hydrogen-bond donors (Lipinski definition) is 1. The predicted octanol–water partition coefficient (Wildman–Crippen LogP) is 3.59. The van der Waals surface area contributed by atoms with E-state index in [-0.39, 0.29) is 0 Å². The summed E-state index contributed by atoms with van der Waals surface area (Å²) in [5, 5.41) is 0. The molecule has 0 amide bonds. The molecule has 2 N–H and O–H groups in total. The molecule has 18 heavy (non-hydrogen) atoms. The Morgan fingerprint density at radius 2 is 1.78 bits per heavy atom. The molecule has 0 atom stereocenters. The van der Waals surface area contributed by atoms with Crippen molar-refractivity contribution in [1.82, 2.24) is 4.98 Å². The first-order chi connectivity index (χ1) is 8.70. The summed E-state index contributed by atoms with van der Waals surface area (Å²) in [6, 6.07) is 0. The van der Waals surface area contributed by atoms with Crippen LogP contribution < -0.4 is 10.6 Å². The molecule has 2 heterocycles. The van der Waals surface area contributed by atoms with Crippen LogP contribution in [0.4, 0.5) is 11.4 Å². The number of halogens is 1. The molecule has 2 fully saturated rings. The fraction of sp³-hybridized carbons (Fsp3) is 0.643. The smallest absolute Gasteiger partial charge is 0.0776 e. The lowest BCUT2D eigenvalue weighted by Gasteiger charge is -2.41. The van der Waals surface area contributed by atoms with Gasteiger partial charge in [0.2, 0.25) is 0 Å². The zero-order chi connectivity index (χ0) is 12.6. The third kappa shape index (κ3) is 2.11. The molecule has 0 bridgehead atoms. The van der Waals surface area contributed by atoms with Crippen molar-refractivity contribution in [3.8, 4) is 0 Å². The molecular weight excluding hydrogens is 290 g/mol. The van der Waals surface area contributed by atoms with Crippen LogP contribution in [0.1, 0.15) is 38.5 Å². The zero-order valence-electron chi connectivity index (χ0n) is 10.7. The number of piperidine rings is 1. The fourth-order valence-corrected chi connectivity index (χ4v) is 4.20. The number of nitrogen functional groups attached to an aromatic ring is 1. The SMILES string of the molecule is Nc1cncc(Br)c1N1CCC2(CCCC2)CC1. The van der Waals surface area contributed by atoms with E-state index in [1.165, 1.54) is 38.5 Å². The summed E-state index contributed by atoms with van der Waals surface area (Å²) in [6.07, 6.45) is 12.0. The van der Waals surface area contributed by atoms with Crippen LogP contribution in [0.15, 0.2) is 16.9 Å². The second-order valence-corrected chi connectivity index (χ2v) is 6.61. The van der Waals surface area contributed by atoms with Crippen LogP contribution in [0, 0.1) is 5.41 Å². The zero-order valence-corrected chi connectivity index (χ0v) is 12.2. The first-order valence-corrected chi connectivity index (χ1v) is 7.63. The van der Waals surface area contributed by atoms with E-state index in [0.29, 0.717) is 5.41 Å². The summed E-state index contributed by atoms with van der Waals surface area (Å²) >= 11 is 3.57. The molecule has 1 aromatic heterocycles. The minimum absolute atomic E-state index is 0.658. The monoisotopic (exact) mass is 309 g/mol. The van der Waals surface area contributed by atoms with Crippen LogP contribution in [-0.2, 0) is 0 Å². The molecule has 3 nitrogen and oxygen atoms in total. The van der Waals surface area contributed by atoms with E-state index < -0.39 is 0 Å². The van der Waals surface area contributed by atoms with Crippen molar-refractivity contribution in [2.45, 2.75) is 38.5 Å². The molecule has 1 aliphatic carbocycles. The fourth-order valence-electron chi connectivity index (χ4n) is 3.61. The summed E-state index contributed by atoms with van der Waals surface area (Å²) in [5.74, 6) is 0. The molecule has 4 heteroatoms. The first kappa shape index (κ1) is 12.3. The lowest BCUT2D eigenvalue weighted by molar-refractivity contribution is 0.226. The Balaban J connectivity index is 1.76. The van der Waals surface area contributed by atoms with Crippen molar-refractivity contribution in [3.05, 3.63) is 16.9 Å².